The Bertz CT molecular complexity index is 3510. The Morgan fingerprint density at radius 1 is 0.417 bits per heavy atom. The standard InChI is InChI=1S/C55H35N3O2/c1-4-14-36(15-5-1)37-26-30-41(31-27-37)57(49-24-13-25-50-53(49)45-20-10-11-23-48(45)58(50)40-18-8-3-9-19-40)42-32-28-38(29-33-42)43-21-12-22-44-46-34-47-52(35-51(46)59-54(43)44)60-55(56-47)39-16-6-2-7-17-39/h1-35H. The molecule has 9 aromatic carbocycles. The number of rotatable bonds is 7. The van der Waals surface area contributed by atoms with Crippen molar-refractivity contribution in [2.75, 3.05) is 4.90 Å². The van der Waals surface area contributed by atoms with E-state index in [0.717, 1.165) is 72.4 Å². The number of hydrogen-bond donors (Lipinski definition) is 0. The van der Waals surface area contributed by atoms with E-state index < -0.39 is 0 Å². The molecule has 5 heteroatoms. The molecule has 0 saturated heterocycles. The fraction of sp³-hybridized carbons (Fsp3) is 0. The summed E-state index contributed by atoms with van der Waals surface area (Å²) < 4.78 is 15.2. The SMILES string of the molecule is c1ccc(-c2ccc(N(c3ccc(-c4cccc5c4oc4cc6oc(-c7ccccc7)nc6cc45)cc3)c3cccc4c3c3ccccc3n4-c3ccccc3)cc2)cc1. The Kier molecular flexibility index (Phi) is 7.78. The minimum atomic E-state index is 0.600. The Morgan fingerprint density at radius 3 is 1.77 bits per heavy atom. The molecule has 0 unspecified atom stereocenters. The molecule has 3 heterocycles. The lowest BCUT2D eigenvalue weighted by Crippen LogP contribution is -2.10. The number of fused-ring (bicyclic) bond motifs is 7. The molecule has 0 fully saturated rings. The molecule has 3 aromatic heterocycles. The van der Waals surface area contributed by atoms with Crippen molar-refractivity contribution in [1.82, 2.24) is 9.55 Å². The van der Waals surface area contributed by atoms with Gasteiger partial charge in [-0.05, 0) is 89.5 Å². The fourth-order valence-corrected chi connectivity index (χ4v) is 8.84. The van der Waals surface area contributed by atoms with Gasteiger partial charge in [-0.2, -0.15) is 0 Å². The Morgan fingerprint density at radius 2 is 1.02 bits per heavy atom. The largest absolute Gasteiger partial charge is 0.455 e. The summed E-state index contributed by atoms with van der Waals surface area (Å²) in [6.45, 7) is 0. The third kappa shape index (κ3) is 5.52. The highest BCUT2D eigenvalue weighted by Crippen LogP contribution is 2.45. The highest BCUT2D eigenvalue weighted by atomic mass is 16.4. The van der Waals surface area contributed by atoms with E-state index in [1.54, 1.807) is 0 Å². The summed E-state index contributed by atoms with van der Waals surface area (Å²) in [5, 5.41) is 4.44. The summed E-state index contributed by atoms with van der Waals surface area (Å²) in [7, 11) is 0. The van der Waals surface area contributed by atoms with Gasteiger partial charge in [-0.3, -0.25) is 0 Å². The molecule has 0 aliphatic carbocycles. The van der Waals surface area contributed by atoms with Crippen LogP contribution in [0.2, 0.25) is 0 Å². The van der Waals surface area contributed by atoms with Crippen LogP contribution in [-0.2, 0) is 0 Å². The van der Waals surface area contributed by atoms with Crippen molar-refractivity contribution in [2.45, 2.75) is 0 Å². The maximum atomic E-state index is 6.65. The maximum Gasteiger partial charge on any atom is 0.227 e. The van der Waals surface area contributed by atoms with Crippen LogP contribution in [0.25, 0.3) is 94.2 Å². The summed E-state index contributed by atoms with van der Waals surface area (Å²) >= 11 is 0. The molecule has 0 spiro atoms. The molecule has 5 nitrogen and oxygen atoms in total. The first-order valence-corrected chi connectivity index (χ1v) is 20.2. The van der Waals surface area contributed by atoms with Gasteiger partial charge in [-0.25, -0.2) is 4.98 Å². The summed E-state index contributed by atoms with van der Waals surface area (Å²) in [6, 6.07) is 74.7. The van der Waals surface area contributed by atoms with Gasteiger partial charge < -0.3 is 18.3 Å². The molecule has 0 aliphatic heterocycles. The molecular formula is C55H35N3O2. The van der Waals surface area contributed by atoms with Crippen LogP contribution in [0, 0.1) is 0 Å². The molecule has 282 valence electrons. The second kappa shape index (κ2) is 13.8. The van der Waals surface area contributed by atoms with Crippen molar-refractivity contribution in [3.8, 4) is 39.4 Å². The van der Waals surface area contributed by atoms with Gasteiger partial charge in [0.1, 0.15) is 16.7 Å². The zero-order chi connectivity index (χ0) is 39.6. The molecule has 0 aliphatic rings. The normalized spacial score (nSPS) is 11.7. The summed E-state index contributed by atoms with van der Waals surface area (Å²) in [6.07, 6.45) is 0. The Hall–Kier alpha value is -8.15. The zero-order valence-corrected chi connectivity index (χ0v) is 32.4. The predicted molar refractivity (Wildman–Crippen MR) is 247 cm³/mol. The van der Waals surface area contributed by atoms with Gasteiger partial charge in [0.25, 0.3) is 0 Å². The van der Waals surface area contributed by atoms with Crippen LogP contribution in [0.1, 0.15) is 0 Å². The second-order valence-corrected chi connectivity index (χ2v) is 15.1. The lowest BCUT2D eigenvalue weighted by atomic mass is 10.0. The van der Waals surface area contributed by atoms with Gasteiger partial charge in [-0.1, -0.05) is 133 Å². The van der Waals surface area contributed by atoms with E-state index >= 15 is 0 Å². The van der Waals surface area contributed by atoms with Crippen molar-refractivity contribution in [3.05, 3.63) is 212 Å². The van der Waals surface area contributed by atoms with Crippen molar-refractivity contribution < 1.29 is 8.83 Å². The van der Waals surface area contributed by atoms with E-state index in [9.17, 15) is 0 Å². The summed E-state index contributed by atoms with van der Waals surface area (Å²) in [5.74, 6) is 0.600. The number of aromatic nitrogens is 2. The minimum absolute atomic E-state index is 0.600. The number of para-hydroxylation sites is 3. The average molecular weight is 770 g/mol. The first-order valence-electron chi connectivity index (χ1n) is 20.2. The first-order chi connectivity index (χ1) is 29.7. The Balaban J connectivity index is 0.995. The molecule has 0 radical (unpaired) electrons. The highest BCUT2D eigenvalue weighted by Gasteiger charge is 2.22. The van der Waals surface area contributed by atoms with Crippen molar-refractivity contribution in [2.24, 2.45) is 0 Å². The first kappa shape index (κ1) is 33.9. The number of benzene rings is 9. The molecule has 0 bridgehead atoms. The third-order valence-corrected chi connectivity index (χ3v) is 11.6. The molecule has 0 atom stereocenters. The van der Waals surface area contributed by atoms with Crippen LogP contribution in [-0.4, -0.2) is 9.55 Å². The number of nitrogens with zero attached hydrogens (tertiary/aromatic N) is 3. The molecule has 0 N–H and O–H groups in total. The average Bonchev–Trinajstić information content (AvgIpc) is 4.01. The van der Waals surface area contributed by atoms with E-state index in [-0.39, 0.29) is 0 Å². The quantitative estimate of drug-likeness (QED) is 0.162. The van der Waals surface area contributed by atoms with Gasteiger partial charge in [0.05, 0.1) is 16.7 Å². The van der Waals surface area contributed by atoms with Crippen LogP contribution in [0.3, 0.4) is 0 Å². The molecule has 60 heavy (non-hydrogen) atoms. The highest BCUT2D eigenvalue weighted by molar-refractivity contribution is 6.17. The van der Waals surface area contributed by atoms with Gasteiger partial charge in [0.2, 0.25) is 5.89 Å². The van der Waals surface area contributed by atoms with E-state index in [1.807, 2.05) is 36.4 Å². The van der Waals surface area contributed by atoms with Crippen molar-refractivity contribution in [1.29, 1.82) is 0 Å². The molecule has 12 rings (SSSR count). The van der Waals surface area contributed by atoms with Gasteiger partial charge in [0.15, 0.2) is 5.58 Å². The van der Waals surface area contributed by atoms with Crippen molar-refractivity contribution >= 4 is 71.9 Å². The van der Waals surface area contributed by atoms with E-state index in [0.29, 0.717) is 11.5 Å². The van der Waals surface area contributed by atoms with E-state index in [4.69, 9.17) is 13.8 Å². The van der Waals surface area contributed by atoms with E-state index in [2.05, 4.69) is 185 Å². The van der Waals surface area contributed by atoms with Crippen LogP contribution in [0.5, 0.6) is 0 Å². The monoisotopic (exact) mass is 769 g/mol. The number of anilines is 3. The maximum absolute atomic E-state index is 6.65. The number of hydrogen-bond acceptors (Lipinski definition) is 4. The van der Waals surface area contributed by atoms with Crippen LogP contribution >= 0.6 is 0 Å². The molecular weight excluding hydrogens is 735 g/mol. The number of oxazole rings is 1. The summed E-state index contributed by atoms with van der Waals surface area (Å²) in [4.78, 5) is 7.22. The van der Waals surface area contributed by atoms with Crippen molar-refractivity contribution in [3.63, 3.8) is 0 Å². The Labute approximate surface area is 345 Å². The van der Waals surface area contributed by atoms with Gasteiger partial charge >= 0.3 is 0 Å². The number of furan rings is 1. The fourth-order valence-electron chi connectivity index (χ4n) is 8.84. The predicted octanol–water partition coefficient (Wildman–Crippen LogP) is 15.3. The van der Waals surface area contributed by atoms with Crippen LogP contribution in [0.15, 0.2) is 221 Å². The lowest BCUT2D eigenvalue weighted by molar-refractivity contribution is 0.617. The molecule has 0 amide bonds. The van der Waals surface area contributed by atoms with Gasteiger partial charge in [-0.15, -0.1) is 0 Å². The summed E-state index contributed by atoms with van der Waals surface area (Å²) in [5.41, 5.74) is 15.2. The molecule has 12 aromatic rings. The van der Waals surface area contributed by atoms with E-state index in [1.165, 1.54) is 27.4 Å². The van der Waals surface area contributed by atoms with Crippen LogP contribution < -0.4 is 4.90 Å². The smallest absolute Gasteiger partial charge is 0.227 e. The topological polar surface area (TPSA) is 47.3 Å². The second-order valence-electron chi connectivity index (χ2n) is 15.1. The van der Waals surface area contributed by atoms with Gasteiger partial charge in [0, 0.05) is 55.8 Å². The lowest BCUT2D eigenvalue weighted by Gasteiger charge is -2.27. The minimum Gasteiger partial charge on any atom is -0.455 e. The molecule has 0 saturated carbocycles. The zero-order valence-electron chi connectivity index (χ0n) is 32.4. The third-order valence-electron chi connectivity index (χ3n) is 11.6. The van der Waals surface area contributed by atoms with Crippen LogP contribution in [0.4, 0.5) is 17.1 Å².